The summed E-state index contributed by atoms with van der Waals surface area (Å²) in [5, 5.41) is 0. The molecule has 2 heterocycles. The molecule has 0 spiro atoms. The normalized spacial score (nSPS) is 21.3. The monoisotopic (exact) mass is 471 g/mol. The molecule has 3 aromatic carbocycles. The second-order valence-corrected chi connectivity index (χ2v) is 9.12. The van der Waals surface area contributed by atoms with Gasteiger partial charge in [0.25, 0.3) is 0 Å². The van der Waals surface area contributed by atoms with Crippen LogP contribution in [0.5, 0.6) is 5.75 Å². The fraction of sp³-hybridized carbons (Fsp3) is 0.310. The largest absolute Gasteiger partial charge is 0.489 e. The minimum atomic E-state index is -0.335. The molecule has 2 aliphatic rings. The fourth-order valence-electron chi connectivity index (χ4n) is 4.91. The molecule has 2 fully saturated rings. The van der Waals surface area contributed by atoms with Gasteiger partial charge in [0.1, 0.15) is 19.0 Å². The molecule has 0 saturated carbocycles. The van der Waals surface area contributed by atoms with Crippen molar-refractivity contribution in [1.82, 2.24) is 4.90 Å². The lowest BCUT2D eigenvalue weighted by Gasteiger charge is -2.47. The maximum absolute atomic E-state index is 13.3. The zero-order valence-electron chi connectivity index (χ0n) is 19.5. The van der Waals surface area contributed by atoms with Gasteiger partial charge in [0.15, 0.2) is 5.78 Å². The number of nitrogens with zero attached hydrogens (tertiary/aromatic N) is 1. The first kappa shape index (κ1) is 23.1. The molecule has 0 aromatic heterocycles. The summed E-state index contributed by atoms with van der Waals surface area (Å²) in [7, 11) is 0. The molecular weight excluding hydrogens is 442 g/mol. The third-order valence-electron chi connectivity index (χ3n) is 6.69. The minimum absolute atomic E-state index is 0.105. The Morgan fingerprint density at radius 1 is 0.771 bits per heavy atom. The quantitative estimate of drug-likeness (QED) is 0.440. The van der Waals surface area contributed by atoms with E-state index >= 15 is 0 Å². The van der Waals surface area contributed by atoms with Gasteiger partial charge in [-0.3, -0.25) is 9.69 Å². The van der Waals surface area contributed by atoms with E-state index in [4.69, 9.17) is 14.2 Å². The first-order chi connectivity index (χ1) is 17.2. The van der Waals surface area contributed by atoms with Gasteiger partial charge in [-0.1, -0.05) is 60.7 Å². The number of carbonyl (C=O) groups is 2. The number of amides is 1. The van der Waals surface area contributed by atoms with E-state index < -0.39 is 0 Å². The number of piperidine rings is 1. The predicted octanol–water partition coefficient (Wildman–Crippen LogP) is 5.26. The summed E-state index contributed by atoms with van der Waals surface area (Å²) in [6.45, 7) is 1.56. The molecule has 0 aliphatic carbocycles. The Morgan fingerprint density at radius 2 is 1.34 bits per heavy atom. The van der Waals surface area contributed by atoms with Crippen molar-refractivity contribution < 1.29 is 23.8 Å². The van der Waals surface area contributed by atoms with Crippen molar-refractivity contribution in [2.75, 3.05) is 13.2 Å². The van der Waals surface area contributed by atoms with E-state index in [2.05, 4.69) is 0 Å². The van der Waals surface area contributed by atoms with Crippen LogP contribution in [0.15, 0.2) is 84.9 Å². The molecule has 0 radical (unpaired) electrons. The summed E-state index contributed by atoms with van der Waals surface area (Å²) < 4.78 is 17.1. The third-order valence-corrected chi connectivity index (χ3v) is 6.69. The topological polar surface area (TPSA) is 65.1 Å². The Bertz CT molecular complexity index is 1120. The maximum Gasteiger partial charge on any atom is 0.410 e. The summed E-state index contributed by atoms with van der Waals surface area (Å²) in [6.07, 6.45) is 0.808. The number of Topliss-reactive ketones (excluding diaryl/α,β-unsaturated/α-hetero) is 1. The van der Waals surface area contributed by atoms with Gasteiger partial charge in [-0.15, -0.1) is 0 Å². The van der Waals surface area contributed by atoms with Gasteiger partial charge >= 0.3 is 6.09 Å². The second-order valence-electron chi connectivity index (χ2n) is 9.12. The summed E-state index contributed by atoms with van der Waals surface area (Å²) in [4.78, 5) is 28.0. The fourth-order valence-corrected chi connectivity index (χ4v) is 4.91. The molecule has 3 aromatic rings. The van der Waals surface area contributed by atoms with Gasteiger partial charge in [-0.2, -0.15) is 0 Å². The van der Waals surface area contributed by atoms with E-state index in [1.807, 2.05) is 84.9 Å². The number of ether oxygens (including phenoxy) is 3. The van der Waals surface area contributed by atoms with E-state index in [0.717, 1.165) is 16.9 Å². The van der Waals surface area contributed by atoms with E-state index in [1.54, 1.807) is 4.90 Å². The molecule has 2 aliphatic heterocycles. The highest BCUT2D eigenvalue weighted by atomic mass is 16.6. The molecule has 2 unspecified atom stereocenters. The maximum atomic E-state index is 13.3. The van der Waals surface area contributed by atoms with Crippen molar-refractivity contribution in [3.63, 3.8) is 0 Å². The third kappa shape index (κ3) is 5.54. The van der Waals surface area contributed by atoms with Crippen LogP contribution in [-0.2, 0) is 22.7 Å². The van der Waals surface area contributed by atoms with Crippen molar-refractivity contribution in [1.29, 1.82) is 0 Å². The highest BCUT2D eigenvalue weighted by molar-refractivity contribution is 5.98. The van der Waals surface area contributed by atoms with Crippen molar-refractivity contribution in [2.45, 2.75) is 38.1 Å². The summed E-state index contributed by atoms with van der Waals surface area (Å²) in [5.74, 6) is 0.684. The van der Waals surface area contributed by atoms with Gasteiger partial charge in [-0.05, 0) is 48.2 Å². The van der Waals surface area contributed by atoms with Crippen LogP contribution in [0.1, 0.15) is 34.3 Å². The lowest BCUT2D eigenvalue weighted by molar-refractivity contribution is -0.0755. The van der Waals surface area contributed by atoms with Crippen molar-refractivity contribution in [2.24, 2.45) is 5.92 Å². The van der Waals surface area contributed by atoms with Gasteiger partial charge in [0.05, 0.1) is 25.3 Å². The molecule has 2 saturated heterocycles. The number of carbonyl (C=O) groups excluding carboxylic acids is 2. The van der Waals surface area contributed by atoms with Crippen molar-refractivity contribution >= 4 is 11.9 Å². The number of morpholine rings is 1. The van der Waals surface area contributed by atoms with E-state index in [1.165, 1.54) is 0 Å². The molecule has 5 rings (SSSR count). The predicted molar refractivity (Wildman–Crippen MR) is 131 cm³/mol. The number of hydrogen-bond acceptors (Lipinski definition) is 5. The molecule has 1 amide bonds. The average molecular weight is 472 g/mol. The van der Waals surface area contributed by atoms with E-state index in [9.17, 15) is 9.59 Å². The highest BCUT2D eigenvalue weighted by Gasteiger charge is 2.44. The van der Waals surface area contributed by atoms with Crippen LogP contribution in [0.25, 0.3) is 0 Å². The zero-order chi connectivity index (χ0) is 24.0. The number of fused-ring (bicyclic) bond motifs is 2. The molecule has 0 N–H and O–H groups in total. The van der Waals surface area contributed by atoms with Gasteiger partial charge in [0, 0.05) is 11.5 Å². The van der Waals surface area contributed by atoms with Crippen LogP contribution in [0.4, 0.5) is 4.79 Å². The number of benzene rings is 3. The standard InChI is InChI=1S/C29H29NO5/c31-28(23-11-13-27(14-12-23)34-17-21-7-3-1-4-8-21)24-15-25-19-33-20-26(16-24)30(25)29(32)35-18-22-9-5-2-6-10-22/h1-14,24-26H,15-20H2. The minimum Gasteiger partial charge on any atom is -0.489 e. The Morgan fingerprint density at radius 3 is 1.94 bits per heavy atom. The van der Waals surface area contributed by atoms with Crippen LogP contribution in [0.2, 0.25) is 0 Å². The van der Waals surface area contributed by atoms with Gasteiger partial charge in [0.2, 0.25) is 0 Å². The lowest BCUT2D eigenvalue weighted by atomic mass is 9.81. The van der Waals surface area contributed by atoms with E-state index in [-0.39, 0.29) is 36.5 Å². The number of hydrogen-bond donors (Lipinski definition) is 0. The smallest absolute Gasteiger partial charge is 0.410 e. The van der Waals surface area contributed by atoms with Crippen LogP contribution < -0.4 is 4.74 Å². The average Bonchev–Trinajstić information content (AvgIpc) is 2.91. The van der Waals surface area contributed by atoms with Crippen molar-refractivity contribution in [3.8, 4) is 5.75 Å². The first-order valence-electron chi connectivity index (χ1n) is 12.0. The summed E-state index contributed by atoms with van der Waals surface area (Å²) >= 11 is 0. The Kier molecular flexibility index (Phi) is 7.09. The Hall–Kier alpha value is -3.64. The van der Waals surface area contributed by atoms with Crippen molar-refractivity contribution in [3.05, 3.63) is 102 Å². The molecule has 35 heavy (non-hydrogen) atoms. The van der Waals surface area contributed by atoms with Crippen LogP contribution in [-0.4, -0.2) is 42.1 Å². The number of ketones is 1. The van der Waals surface area contributed by atoms with Crippen LogP contribution in [0, 0.1) is 5.92 Å². The molecular formula is C29H29NO5. The van der Waals surface area contributed by atoms with Crippen LogP contribution >= 0.6 is 0 Å². The van der Waals surface area contributed by atoms with Gasteiger partial charge in [-0.25, -0.2) is 4.79 Å². The second kappa shape index (κ2) is 10.7. The molecule has 6 heteroatoms. The Balaban J connectivity index is 1.18. The summed E-state index contributed by atoms with van der Waals surface area (Å²) in [5.41, 5.74) is 2.71. The Labute approximate surface area is 205 Å². The van der Waals surface area contributed by atoms with E-state index in [0.29, 0.717) is 38.2 Å². The highest BCUT2D eigenvalue weighted by Crippen LogP contribution is 2.34. The molecule has 2 bridgehead atoms. The van der Waals surface area contributed by atoms with Crippen LogP contribution in [0.3, 0.4) is 0 Å². The number of rotatable bonds is 7. The first-order valence-corrected chi connectivity index (χ1v) is 12.0. The molecule has 6 nitrogen and oxygen atoms in total. The molecule has 180 valence electrons. The van der Waals surface area contributed by atoms with Gasteiger partial charge < -0.3 is 14.2 Å². The summed E-state index contributed by atoms with van der Waals surface area (Å²) in [6, 6.07) is 26.6. The SMILES string of the molecule is O=C(c1ccc(OCc2ccccc2)cc1)C1CC2COCC(C1)N2C(=O)OCc1ccccc1. The zero-order valence-corrected chi connectivity index (χ0v) is 19.5. The molecule has 2 atom stereocenters. The lowest BCUT2D eigenvalue weighted by Crippen LogP contribution is -2.59.